The molecule has 7 heteroatoms. The van der Waals surface area contributed by atoms with Crippen molar-refractivity contribution in [2.24, 2.45) is 0 Å². The van der Waals surface area contributed by atoms with Gasteiger partial charge in [-0.15, -0.1) is 0 Å². The van der Waals surface area contributed by atoms with Gasteiger partial charge in [-0.05, 0) is 42.8 Å². The molecule has 0 radical (unpaired) electrons. The van der Waals surface area contributed by atoms with Crippen molar-refractivity contribution in [1.82, 2.24) is 5.32 Å². The second-order valence-electron chi connectivity index (χ2n) is 5.64. The third-order valence-corrected chi connectivity index (χ3v) is 3.55. The number of hydrogen-bond donors (Lipinski definition) is 4. The van der Waals surface area contributed by atoms with Crippen molar-refractivity contribution in [2.75, 3.05) is 17.2 Å². The summed E-state index contributed by atoms with van der Waals surface area (Å²) in [6.45, 7) is 0.198. The van der Waals surface area contributed by atoms with Crippen molar-refractivity contribution < 1.29 is 14.7 Å². The monoisotopic (exact) mass is 364 g/mol. The number of rotatable bonds is 9. The molecule has 0 aliphatic rings. The van der Waals surface area contributed by atoms with Gasteiger partial charge in [0.15, 0.2) is 0 Å². The Morgan fingerprint density at radius 3 is 2.26 bits per heavy atom. The summed E-state index contributed by atoms with van der Waals surface area (Å²) in [6, 6.07) is 19.0. The lowest BCUT2D eigenvalue weighted by molar-refractivity contribution is -0.137. The topological polar surface area (TPSA) is 114 Å². The van der Waals surface area contributed by atoms with Crippen molar-refractivity contribution >= 4 is 28.9 Å². The second kappa shape index (κ2) is 10.3. The second-order valence-corrected chi connectivity index (χ2v) is 5.64. The van der Waals surface area contributed by atoms with Crippen LogP contribution >= 0.6 is 0 Å². The van der Waals surface area contributed by atoms with Crippen LogP contribution in [0, 0.1) is 11.3 Å². The predicted octanol–water partition coefficient (Wildman–Crippen LogP) is 3.23. The molecule has 2 rings (SSSR count). The van der Waals surface area contributed by atoms with Gasteiger partial charge in [0.1, 0.15) is 11.6 Å². The van der Waals surface area contributed by atoms with Gasteiger partial charge in [0, 0.05) is 36.2 Å². The number of carboxylic acid groups (broad SMARTS) is 1. The van der Waals surface area contributed by atoms with Gasteiger partial charge in [0.25, 0.3) is 5.91 Å². The van der Waals surface area contributed by atoms with Gasteiger partial charge in [-0.1, -0.05) is 18.2 Å². The average molecular weight is 364 g/mol. The third-order valence-electron chi connectivity index (χ3n) is 3.55. The number of para-hydroxylation sites is 1. The Morgan fingerprint density at radius 1 is 1.00 bits per heavy atom. The fourth-order valence-electron chi connectivity index (χ4n) is 2.18. The van der Waals surface area contributed by atoms with Crippen LogP contribution in [-0.4, -0.2) is 23.5 Å². The summed E-state index contributed by atoms with van der Waals surface area (Å²) >= 11 is 0. The minimum atomic E-state index is -0.924. The Balaban J connectivity index is 1.88. The molecule has 0 fully saturated rings. The first-order chi connectivity index (χ1) is 13.1. The van der Waals surface area contributed by atoms with Gasteiger partial charge in [-0.25, -0.2) is 0 Å². The normalized spacial score (nSPS) is 10.6. The predicted molar refractivity (Wildman–Crippen MR) is 103 cm³/mol. The van der Waals surface area contributed by atoms with Gasteiger partial charge in [-0.2, -0.15) is 5.26 Å². The molecule has 0 spiro atoms. The molecule has 0 aliphatic heterocycles. The van der Waals surface area contributed by atoms with E-state index in [1.165, 1.54) is 6.20 Å². The van der Waals surface area contributed by atoms with Crippen molar-refractivity contribution in [2.45, 2.75) is 12.8 Å². The quantitative estimate of drug-likeness (QED) is 0.309. The highest BCUT2D eigenvalue weighted by Gasteiger charge is 2.08. The number of benzene rings is 2. The van der Waals surface area contributed by atoms with E-state index in [0.717, 1.165) is 17.1 Å². The number of anilines is 3. The summed E-state index contributed by atoms with van der Waals surface area (Å²) < 4.78 is 0. The summed E-state index contributed by atoms with van der Waals surface area (Å²) in [5.41, 5.74) is 2.52. The number of carboxylic acids is 1. The van der Waals surface area contributed by atoms with Crippen LogP contribution in [0.3, 0.4) is 0 Å². The number of carbonyl (C=O) groups excluding carboxylic acids is 1. The fraction of sp³-hybridized carbons (Fsp3) is 0.150. The highest BCUT2D eigenvalue weighted by atomic mass is 16.4. The zero-order valence-corrected chi connectivity index (χ0v) is 14.6. The lowest BCUT2D eigenvalue weighted by Gasteiger charge is -2.08. The summed E-state index contributed by atoms with van der Waals surface area (Å²) in [5, 5.41) is 26.3. The summed E-state index contributed by atoms with van der Waals surface area (Å²) in [6.07, 6.45) is 1.60. The van der Waals surface area contributed by atoms with Crippen LogP contribution in [0.15, 0.2) is 66.4 Å². The molecule has 0 heterocycles. The van der Waals surface area contributed by atoms with E-state index in [0.29, 0.717) is 6.42 Å². The Labute approximate surface area is 157 Å². The number of nitrogens with one attached hydrogen (secondary N) is 3. The number of amides is 1. The van der Waals surface area contributed by atoms with E-state index >= 15 is 0 Å². The molecule has 2 aromatic rings. The number of nitrogens with zero attached hydrogens (tertiary/aromatic N) is 1. The molecule has 0 unspecified atom stereocenters. The van der Waals surface area contributed by atoms with E-state index in [-0.39, 0.29) is 18.5 Å². The van der Waals surface area contributed by atoms with E-state index in [1.807, 2.05) is 60.7 Å². The van der Waals surface area contributed by atoms with E-state index in [1.54, 1.807) is 0 Å². The van der Waals surface area contributed by atoms with Crippen LogP contribution in [0.5, 0.6) is 0 Å². The van der Waals surface area contributed by atoms with Gasteiger partial charge < -0.3 is 21.1 Å². The molecule has 1 amide bonds. The molecule has 0 aromatic heterocycles. The molecule has 0 bridgehead atoms. The number of aliphatic carboxylic acids is 1. The number of hydrogen-bond acceptors (Lipinski definition) is 5. The summed E-state index contributed by atoms with van der Waals surface area (Å²) in [7, 11) is 0. The first-order valence-corrected chi connectivity index (χ1v) is 8.37. The van der Waals surface area contributed by atoms with E-state index in [2.05, 4.69) is 16.0 Å². The van der Waals surface area contributed by atoms with Crippen LogP contribution in [0.25, 0.3) is 0 Å². The molecule has 0 saturated carbocycles. The van der Waals surface area contributed by atoms with Crippen molar-refractivity contribution in [3.63, 3.8) is 0 Å². The van der Waals surface area contributed by atoms with Gasteiger partial charge in [0.2, 0.25) is 0 Å². The smallest absolute Gasteiger partial charge is 0.303 e. The Bertz CT molecular complexity index is 840. The maximum absolute atomic E-state index is 11.9. The zero-order valence-electron chi connectivity index (χ0n) is 14.6. The maximum atomic E-state index is 11.9. The van der Waals surface area contributed by atoms with E-state index < -0.39 is 11.9 Å². The Kier molecular flexibility index (Phi) is 7.42. The minimum Gasteiger partial charge on any atom is -0.481 e. The number of carbonyl (C=O) groups is 2. The minimum absolute atomic E-state index is 0.0342. The molecule has 4 N–H and O–H groups in total. The van der Waals surface area contributed by atoms with Crippen LogP contribution in [0.4, 0.5) is 17.1 Å². The lowest BCUT2D eigenvalue weighted by atomic mass is 10.2. The fourth-order valence-corrected chi connectivity index (χ4v) is 2.18. The highest BCUT2D eigenvalue weighted by molar-refractivity contribution is 5.97. The van der Waals surface area contributed by atoms with Gasteiger partial charge in [-0.3, -0.25) is 9.59 Å². The molecule has 0 aliphatic carbocycles. The highest BCUT2D eigenvalue weighted by Crippen LogP contribution is 2.18. The van der Waals surface area contributed by atoms with E-state index in [9.17, 15) is 9.59 Å². The van der Waals surface area contributed by atoms with Gasteiger partial charge in [0.05, 0.1) is 0 Å². The molecule has 27 heavy (non-hydrogen) atoms. The largest absolute Gasteiger partial charge is 0.481 e. The standard InChI is InChI=1S/C20H20N4O3/c21-13-15(20(27)22-12-4-7-19(25)26)14-23-16-8-10-18(11-9-16)24-17-5-2-1-3-6-17/h1-3,5-6,8-11,14,23-24H,4,7,12H2,(H,22,27)(H,25,26)/b15-14-. The number of nitriles is 1. The Morgan fingerprint density at radius 2 is 1.63 bits per heavy atom. The molecule has 0 atom stereocenters. The molecule has 0 saturated heterocycles. The van der Waals surface area contributed by atoms with Crippen LogP contribution in [0.1, 0.15) is 12.8 Å². The first kappa shape index (κ1) is 19.5. The summed E-state index contributed by atoms with van der Waals surface area (Å²) in [5.74, 6) is -1.47. The molecule has 2 aromatic carbocycles. The SMILES string of the molecule is N#C/C(=C/Nc1ccc(Nc2ccccc2)cc1)C(=O)NCCCC(=O)O. The Hall–Kier alpha value is -3.79. The van der Waals surface area contributed by atoms with Crippen LogP contribution in [-0.2, 0) is 9.59 Å². The van der Waals surface area contributed by atoms with Crippen LogP contribution in [0.2, 0.25) is 0 Å². The van der Waals surface area contributed by atoms with Crippen molar-refractivity contribution in [1.29, 1.82) is 5.26 Å². The molecule has 7 nitrogen and oxygen atoms in total. The maximum Gasteiger partial charge on any atom is 0.303 e. The van der Waals surface area contributed by atoms with E-state index in [4.69, 9.17) is 10.4 Å². The molecular formula is C20H20N4O3. The van der Waals surface area contributed by atoms with Crippen LogP contribution < -0.4 is 16.0 Å². The zero-order chi connectivity index (χ0) is 19.5. The lowest BCUT2D eigenvalue weighted by Crippen LogP contribution is -2.26. The summed E-state index contributed by atoms with van der Waals surface area (Å²) in [4.78, 5) is 22.3. The van der Waals surface area contributed by atoms with Crippen molar-refractivity contribution in [3.8, 4) is 6.07 Å². The average Bonchev–Trinajstić information content (AvgIpc) is 2.67. The third kappa shape index (κ3) is 6.92. The van der Waals surface area contributed by atoms with Gasteiger partial charge >= 0.3 is 5.97 Å². The first-order valence-electron chi connectivity index (χ1n) is 8.37. The van der Waals surface area contributed by atoms with Crippen molar-refractivity contribution in [3.05, 3.63) is 66.4 Å². The molecular weight excluding hydrogens is 344 g/mol. The molecule has 138 valence electrons.